The molecule has 1 aliphatic carbocycles. The van der Waals surface area contributed by atoms with Crippen molar-refractivity contribution < 1.29 is 4.79 Å². The number of rotatable bonds is 4. The van der Waals surface area contributed by atoms with Gasteiger partial charge in [0.15, 0.2) is 11.5 Å². The van der Waals surface area contributed by atoms with Crippen LogP contribution in [0.15, 0.2) is 6.33 Å². The Kier molecular flexibility index (Phi) is 4.10. The van der Waals surface area contributed by atoms with Crippen molar-refractivity contribution in [2.45, 2.75) is 52.5 Å². The van der Waals surface area contributed by atoms with Gasteiger partial charge in [-0.3, -0.25) is 4.79 Å². The maximum Gasteiger partial charge on any atom is 0.226 e. The summed E-state index contributed by atoms with van der Waals surface area (Å²) >= 11 is 5.94. The second kappa shape index (κ2) is 6.08. The highest BCUT2D eigenvalue weighted by atomic mass is 35.5. The number of imidazole rings is 1. The molecule has 0 radical (unpaired) electrons. The highest BCUT2D eigenvalue weighted by Crippen LogP contribution is 2.52. The average Bonchev–Trinajstić information content (AvgIpc) is 3.07. The molecule has 26 heavy (non-hydrogen) atoms. The Bertz CT molecular complexity index is 849. The predicted octanol–water partition coefficient (Wildman–Crippen LogP) is 3.24. The van der Waals surface area contributed by atoms with Crippen LogP contribution in [0.3, 0.4) is 0 Å². The summed E-state index contributed by atoms with van der Waals surface area (Å²) in [4.78, 5) is 30.3. The van der Waals surface area contributed by atoms with Crippen LogP contribution in [0.5, 0.6) is 0 Å². The van der Waals surface area contributed by atoms with E-state index in [1.54, 1.807) is 6.33 Å². The van der Waals surface area contributed by atoms with Gasteiger partial charge in [0.05, 0.1) is 6.33 Å². The molecule has 7 nitrogen and oxygen atoms in total. The summed E-state index contributed by atoms with van der Waals surface area (Å²) in [6.07, 6.45) is 5.41. The van der Waals surface area contributed by atoms with Crippen molar-refractivity contribution in [3.63, 3.8) is 0 Å². The Morgan fingerprint density at radius 3 is 3.00 bits per heavy atom. The van der Waals surface area contributed by atoms with Gasteiger partial charge >= 0.3 is 0 Å². The number of fused-ring (bicyclic) bond motifs is 3. The third-order valence-corrected chi connectivity index (χ3v) is 5.79. The van der Waals surface area contributed by atoms with Gasteiger partial charge in [-0.25, -0.2) is 4.98 Å². The molecule has 2 fully saturated rings. The summed E-state index contributed by atoms with van der Waals surface area (Å²) in [5.41, 5.74) is 1.79. The molecule has 2 aromatic rings. The monoisotopic (exact) mass is 376 g/mol. The summed E-state index contributed by atoms with van der Waals surface area (Å²) in [5.74, 6) is 0.795. The van der Waals surface area contributed by atoms with Crippen LogP contribution in [0.1, 0.15) is 46.5 Å². The van der Waals surface area contributed by atoms with Crippen LogP contribution in [0.2, 0.25) is 5.28 Å². The first-order valence-corrected chi connectivity index (χ1v) is 9.53. The van der Waals surface area contributed by atoms with E-state index in [4.69, 9.17) is 11.6 Å². The number of likely N-dealkylation sites (tertiary alicyclic amines) is 1. The largest absolute Gasteiger partial charge is 0.368 e. The van der Waals surface area contributed by atoms with Crippen molar-refractivity contribution in [1.29, 1.82) is 0 Å². The molecule has 2 aliphatic rings. The van der Waals surface area contributed by atoms with Gasteiger partial charge in [0.2, 0.25) is 11.2 Å². The number of hydrogen-bond acceptors (Lipinski definition) is 5. The smallest absolute Gasteiger partial charge is 0.226 e. The lowest BCUT2D eigenvalue weighted by atomic mass is 9.65. The number of nitrogens with one attached hydrogen (secondary N) is 2. The Labute approximate surface area is 157 Å². The van der Waals surface area contributed by atoms with E-state index in [1.165, 1.54) is 6.42 Å². The van der Waals surface area contributed by atoms with E-state index in [1.807, 2.05) is 0 Å². The maximum absolute atomic E-state index is 12.8. The van der Waals surface area contributed by atoms with Crippen molar-refractivity contribution in [3.05, 3.63) is 11.6 Å². The van der Waals surface area contributed by atoms with Gasteiger partial charge in [-0.15, -0.1) is 0 Å². The number of carbonyl (C=O) groups excluding carboxylic acids is 1. The van der Waals surface area contributed by atoms with E-state index in [2.05, 4.69) is 50.9 Å². The summed E-state index contributed by atoms with van der Waals surface area (Å²) in [6.45, 7) is 8.35. The first-order chi connectivity index (χ1) is 12.2. The average molecular weight is 377 g/mol. The summed E-state index contributed by atoms with van der Waals surface area (Å²) in [7, 11) is 0. The van der Waals surface area contributed by atoms with Gasteiger partial charge < -0.3 is 15.2 Å². The summed E-state index contributed by atoms with van der Waals surface area (Å²) in [5, 5.41) is 3.34. The van der Waals surface area contributed by atoms with Crippen molar-refractivity contribution in [3.8, 4) is 0 Å². The molecule has 1 saturated heterocycles. The second-order valence-corrected chi connectivity index (χ2v) is 9.19. The molecule has 1 aliphatic heterocycles. The van der Waals surface area contributed by atoms with E-state index < -0.39 is 0 Å². The van der Waals surface area contributed by atoms with Gasteiger partial charge in [-0.05, 0) is 41.7 Å². The fourth-order valence-corrected chi connectivity index (χ4v) is 5.28. The molecule has 2 atom stereocenters. The van der Waals surface area contributed by atoms with Crippen LogP contribution < -0.4 is 5.32 Å². The lowest BCUT2D eigenvalue weighted by molar-refractivity contribution is -0.132. The van der Waals surface area contributed by atoms with Gasteiger partial charge in [0.1, 0.15) is 5.52 Å². The molecule has 140 valence electrons. The lowest BCUT2D eigenvalue weighted by Gasteiger charge is -2.39. The number of nitrogens with zero attached hydrogens (tertiary/aromatic N) is 4. The highest BCUT2D eigenvalue weighted by molar-refractivity contribution is 6.28. The van der Waals surface area contributed by atoms with E-state index >= 15 is 0 Å². The van der Waals surface area contributed by atoms with Crippen molar-refractivity contribution in [2.75, 3.05) is 18.4 Å². The zero-order chi connectivity index (χ0) is 18.5. The Morgan fingerprint density at radius 1 is 1.38 bits per heavy atom. The third kappa shape index (κ3) is 3.24. The molecule has 3 heterocycles. The van der Waals surface area contributed by atoms with Gasteiger partial charge in [-0.1, -0.05) is 20.8 Å². The molecule has 1 saturated carbocycles. The molecule has 0 spiro atoms. The number of anilines is 1. The van der Waals surface area contributed by atoms with Crippen LogP contribution in [-0.4, -0.2) is 49.9 Å². The summed E-state index contributed by atoms with van der Waals surface area (Å²) < 4.78 is 0. The Hall–Kier alpha value is -1.89. The standard InChI is InChI=1S/C18H25ClN6O/c1-17(2)6-11-7-18(3,8-17)9-25(11)12(26)4-5-20-14-13-15(22-10-21-13)24-16(19)23-14/h10-11H,4-9H2,1-3H3,(H2,20,21,22,23,24). The number of halogens is 1. The predicted molar refractivity (Wildman–Crippen MR) is 101 cm³/mol. The van der Waals surface area contributed by atoms with Crippen LogP contribution in [0.4, 0.5) is 5.82 Å². The van der Waals surface area contributed by atoms with E-state index in [0.29, 0.717) is 41.4 Å². The van der Waals surface area contributed by atoms with Crippen LogP contribution in [-0.2, 0) is 4.79 Å². The van der Waals surface area contributed by atoms with Gasteiger partial charge in [0.25, 0.3) is 0 Å². The highest BCUT2D eigenvalue weighted by Gasteiger charge is 2.50. The molecular formula is C18H25ClN6O. The van der Waals surface area contributed by atoms with E-state index in [0.717, 1.165) is 19.4 Å². The number of aromatic nitrogens is 4. The van der Waals surface area contributed by atoms with Gasteiger partial charge in [-0.2, -0.15) is 9.97 Å². The van der Waals surface area contributed by atoms with Gasteiger partial charge in [0, 0.05) is 25.6 Å². The molecule has 1 amide bonds. The Morgan fingerprint density at radius 2 is 2.19 bits per heavy atom. The van der Waals surface area contributed by atoms with Crippen molar-refractivity contribution in [2.24, 2.45) is 10.8 Å². The number of hydrogen-bond donors (Lipinski definition) is 2. The minimum atomic E-state index is 0.141. The SMILES string of the molecule is CC1(C)CC2CC(C)(CN2C(=O)CCNc2nc(Cl)nc3nc[nH]c23)C1. The second-order valence-electron chi connectivity index (χ2n) is 8.85. The third-order valence-electron chi connectivity index (χ3n) is 5.62. The zero-order valence-corrected chi connectivity index (χ0v) is 16.2. The molecule has 4 rings (SSSR count). The quantitative estimate of drug-likeness (QED) is 0.800. The van der Waals surface area contributed by atoms with Crippen molar-refractivity contribution >= 4 is 34.5 Å². The van der Waals surface area contributed by atoms with E-state index in [-0.39, 0.29) is 16.6 Å². The normalized spacial score (nSPS) is 27.1. The van der Waals surface area contributed by atoms with Crippen LogP contribution in [0.25, 0.3) is 11.2 Å². The molecule has 0 aromatic carbocycles. The number of amides is 1. The van der Waals surface area contributed by atoms with Crippen molar-refractivity contribution in [1.82, 2.24) is 24.8 Å². The Balaban J connectivity index is 1.39. The molecule has 2 unspecified atom stereocenters. The fourth-order valence-electron chi connectivity index (χ4n) is 5.12. The number of carbonyl (C=O) groups is 1. The van der Waals surface area contributed by atoms with Crippen LogP contribution >= 0.6 is 11.6 Å². The number of H-pyrrole nitrogens is 1. The fraction of sp³-hybridized carbons (Fsp3) is 0.667. The van der Waals surface area contributed by atoms with Crippen LogP contribution in [0, 0.1) is 10.8 Å². The zero-order valence-electron chi connectivity index (χ0n) is 15.5. The number of aromatic amines is 1. The molecule has 8 heteroatoms. The first kappa shape index (κ1) is 17.5. The van der Waals surface area contributed by atoms with E-state index in [9.17, 15) is 4.79 Å². The molecule has 2 aromatic heterocycles. The summed E-state index contributed by atoms with van der Waals surface area (Å²) in [6, 6.07) is 0.379. The maximum atomic E-state index is 12.8. The molecular weight excluding hydrogens is 352 g/mol. The minimum Gasteiger partial charge on any atom is -0.368 e. The topological polar surface area (TPSA) is 86.8 Å². The lowest BCUT2D eigenvalue weighted by Crippen LogP contribution is -2.38. The first-order valence-electron chi connectivity index (χ1n) is 9.15. The molecule has 2 bridgehead atoms. The minimum absolute atomic E-state index is 0.141. The molecule has 2 N–H and O–H groups in total.